The molecule has 1 heterocycles. The van der Waals surface area contributed by atoms with E-state index in [2.05, 4.69) is 0 Å². The third kappa shape index (κ3) is 2.91. The lowest BCUT2D eigenvalue weighted by Gasteiger charge is -2.10. The van der Waals surface area contributed by atoms with Crippen LogP contribution in [0.25, 0.3) is 11.0 Å². The van der Waals surface area contributed by atoms with E-state index in [-0.39, 0.29) is 17.0 Å². The van der Waals surface area contributed by atoms with Gasteiger partial charge in [-0.2, -0.15) is 0 Å². The molecule has 1 N–H and O–H groups in total. The molecule has 0 radical (unpaired) electrons. The Kier molecular flexibility index (Phi) is 3.89. The Morgan fingerprint density at radius 2 is 1.95 bits per heavy atom. The molecule has 21 heavy (non-hydrogen) atoms. The van der Waals surface area contributed by atoms with Gasteiger partial charge in [0.05, 0.1) is 0 Å². The second-order valence-electron chi connectivity index (χ2n) is 4.75. The van der Waals surface area contributed by atoms with Crippen molar-refractivity contribution in [3.8, 4) is 0 Å². The minimum absolute atomic E-state index is 0.0407. The van der Waals surface area contributed by atoms with E-state index in [0.29, 0.717) is 16.4 Å². The molecular formula is C16H11Cl2FO2. The molecular weight excluding hydrogens is 314 g/mol. The van der Waals surface area contributed by atoms with Crippen LogP contribution < -0.4 is 0 Å². The first-order chi connectivity index (χ1) is 10.0. The fourth-order valence-electron chi connectivity index (χ4n) is 2.22. The molecule has 3 rings (SSSR count). The third-order valence-electron chi connectivity index (χ3n) is 3.28. The van der Waals surface area contributed by atoms with Gasteiger partial charge in [0.2, 0.25) is 0 Å². The van der Waals surface area contributed by atoms with Crippen molar-refractivity contribution in [2.75, 3.05) is 0 Å². The van der Waals surface area contributed by atoms with E-state index in [1.165, 1.54) is 12.1 Å². The van der Waals surface area contributed by atoms with Crippen molar-refractivity contribution in [3.63, 3.8) is 0 Å². The summed E-state index contributed by atoms with van der Waals surface area (Å²) in [6, 6.07) is 11.3. The molecule has 0 saturated heterocycles. The van der Waals surface area contributed by atoms with Gasteiger partial charge in [-0.1, -0.05) is 29.3 Å². The van der Waals surface area contributed by atoms with Crippen LogP contribution in [0.15, 0.2) is 46.9 Å². The first kappa shape index (κ1) is 14.4. The van der Waals surface area contributed by atoms with Gasteiger partial charge in [-0.15, -0.1) is 0 Å². The zero-order valence-corrected chi connectivity index (χ0v) is 12.3. The number of aliphatic hydroxyl groups excluding tert-OH is 1. The molecule has 1 unspecified atom stereocenters. The average Bonchev–Trinajstić information content (AvgIpc) is 2.86. The largest absolute Gasteiger partial charge is 0.458 e. The summed E-state index contributed by atoms with van der Waals surface area (Å²) in [5.74, 6) is -0.0905. The summed E-state index contributed by atoms with van der Waals surface area (Å²) >= 11 is 11.9. The summed E-state index contributed by atoms with van der Waals surface area (Å²) in [6.45, 7) is 0. The molecule has 0 fully saturated rings. The summed E-state index contributed by atoms with van der Waals surface area (Å²) in [5, 5.41) is 11.9. The van der Waals surface area contributed by atoms with Crippen LogP contribution in [0.3, 0.4) is 0 Å². The summed E-state index contributed by atoms with van der Waals surface area (Å²) < 4.78 is 19.3. The zero-order valence-electron chi connectivity index (χ0n) is 10.8. The lowest BCUT2D eigenvalue weighted by atomic mass is 10.1. The number of halogens is 3. The predicted molar refractivity (Wildman–Crippen MR) is 81.3 cm³/mol. The molecule has 1 atom stereocenters. The van der Waals surface area contributed by atoms with E-state index in [1.54, 1.807) is 30.3 Å². The predicted octanol–water partition coefficient (Wildman–Crippen LogP) is 5.15. The zero-order chi connectivity index (χ0) is 15.0. The van der Waals surface area contributed by atoms with Crippen molar-refractivity contribution in [1.82, 2.24) is 0 Å². The number of hydrogen-bond acceptors (Lipinski definition) is 2. The second kappa shape index (κ2) is 5.68. The average molecular weight is 325 g/mol. The van der Waals surface area contributed by atoms with Gasteiger partial charge in [-0.3, -0.25) is 0 Å². The van der Waals surface area contributed by atoms with Gasteiger partial charge >= 0.3 is 0 Å². The third-order valence-corrected chi connectivity index (χ3v) is 3.87. The monoisotopic (exact) mass is 324 g/mol. The molecule has 0 aliphatic carbocycles. The maximum atomic E-state index is 13.7. The summed E-state index contributed by atoms with van der Waals surface area (Å²) in [6.07, 6.45) is -0.940. The minimum atomic E-state index is -0.981. The second-order valence-corrected chi connectivity index (χ2v) is 5.59. The molecule has 3 aromatic rings. The van der Waals surface area contributed by atoms with E-state index in [0.717, 1.165) is 5.39 Å². The van der Waals surface area contributed by atoms with Crippen LogP contribution in [0.4, 0.5) is 4.39 Å². The molecule has 0 amide bonds. The van der Waals surface area contributed by atoms with Gasteiger partial charge in [-0.25, -0.2) is 4.39 Å². The lowest BCUT2D eigenvalue weighted by Crippen LogP contribution is -2.03. The molecule has 2 nitrogen and oxygen atoms in total. The van der Waals surface area contributed by atoms with Crippen LogP contribution in [0.1, 0.15) is 17.4 Å². The van der Waals surface area contributed by atoms with Crippen LogP contribution >= 0.6 is 23.2 Å². The molecule has 0 aliphatic heterocycles. The molecule has 0 saturated carbocycles. The first-order valence-corrected chi connectivity index (χ1v) is 7.10. The number of hydrogen-bond donors (Lipinski definition) is 1. The Hall–Kier alpha value is -1.55. The van der Waals surface area contributed by atoms with Crippen LogP contribution in [0, 0.1) is 5.82 Å². The number of furan rings is 1. The fourth-order valence-corrected chi connectivity index (χ4v) is 2.64. The van der Waals surface area contributed by atoms with E-state index >= 15 is 0 Å². The van der Waals surface area contributed by atoms with Crippen molar-refractivity contribution in [1.29, 1.82) is 0 Å². The van der Waals surface area contributed by atoms with Gasteiger partial charge in [0, 0.05) is 27.4 Å². The maximum absolute atomic E-state index is 13.7. The molecule has 1 aromatic heterocycles. The number of benzene rings is 2. The van der Waals surface area contributed by atoms with E-state index in [1.807, 2.05) is 0 Å². The van der Waals surface area contributed by atoms with Crippen molar-refractivity contribution in [2.45, 2.75) is 12.5 Å². The SMILES string of the molecule is OC(Cc1c(F)cccc1Cl)c1cc2cc(Cl)ccc2o1. The molecule has 108 valence electrons. The van der Waals surface area contributed by atoms with Crippen molar-refractivity contribution in [2.24, 2.45) is 0 Å². The van der Waals surface area contributed by atoms with Crippen LogP contribution in [-0.4, -0.2) is 5.11 Å². The quantitative estimate of drug-likeness (QED) is 0.722. The van der Waals surface area contributed by atoms with Gasteiger partial charge in [-0.05, 0) is 36.4 Å². The summed E-state index contributed by atoms with van der Waals surface area (Å²) in [7, 11) is 0. The Labute approximate surface area is 130 Å². The highest BCUT2D eigenvalue weighted by atomic mass is 35.5. The Balaban J connectivity index is 1.91. The molecule has 0 aliphatic rings. The highest BCUT2D eigenvalue weighted by molar-refractivity contribution is 6.31. The summed E-state index contributed by atoms with van der Waals surface area (Å²) in [5.41, 5.74) is 0.887. The fraction of sp³-hybridized carbons (Fsp3) is 0.125. The maximum Gasteiger partial charge on any atom is 0.134 e. The summed E-state index contributed by atoms with van der Waals surface area (Å²) in [4.78, 5) is 0. The molecule has 2 aromatic carbocycles. The standard InChI is InChI=1S/C16H11Cl2FO2/c17-10-4-5-15-9(6-10)7-16(21-15)14(20)8-11-12(18)2-1-3-13(11)19/h1-7,14,20H,8H2. The van der Waals surface area contributed by atoms with Gasteiger partial charge < -0.3 is 9.52 Å². The van der Waals surface area contributed by atoms with Crippen LogP contribution in [0.2, 0.25) is 10.0 Å². The van der Waals surface area contributed by atoms with Gasteiger partial charge in [0.25, 0.3) is 0 Å². The van der Waals surface area contributed by atoms with Crippen molar-refractivity contribution in [3.05, 3.63) is 69.7 Å². The Morgan fingerprint density at radius 3 is 2.71 bits per heavy atom. The highest BCUT2D eigenvalue weighted by Gasteiger charge is 2.18. The Morgan fingerprint density at radius 1 is 1.14 bits per heavy atom. The van der Waals surface area contributed by atoms with E-state index in [4.69, 9.17) is 27.6 Å². The van der Waals surface area contributed by atoms with Crippen LogP contribution in [-0.2, 0) is 6.42 Å². The number of fused-ring (bicyclic) bond motifs is 1. The molecule has 5 heteroatoms. The minimum Gasteiger partial charge on any atom is -0.458 e. The highest BCUT2D eigenvalue weighted by Crippen LogP contribution is 2.30. The molecule has 0 bridgehead atoms. The van der Waals surface area contributed by atoms with E-state index in [9.17, 15) is 9.50 Å². The number of rotatable bonds is 3. The first-order valence-electron chi connectivity index (χ1n) is 6.34. The van der Waals surface area contributed by atoms with E-state index < -0.39 is 11.9 Å². The smallest absolute Gasteiger partial charge is 0.134 e. The van der Waals surface area contributed by atoms with Gasteiger partial charge in [0.1, 0.15) is 23.3 Å². The normalized spacial score (nSPS) is 12.8. The lowest BCUT2D eigenvalue weighted by molar-refractivity contribution is 0.151. The topological polar surface area (TPSA) is 33.4 Å². The van der Waals surface area contributed by atoms with Gasteiger partial charge in [0.15, 0.2) is 0 Å². The van der Waals surface area contributed by atoms with Crippen LogP contribution in [0.5, 0.6) is 0 Å². The number of aliphatic hydroxyl groups is 1. The molecule has 0 spiro atoms. The Bertz CT molecular complexity index is 778. The van der Waals surface area contributed by atoms with Crippen molar-refractivity contribution < 1.29 is 13.9 Å². The van der Waals surface area contributed by atoms with Crippen molar-refractivity contribution >= 4 is 34.2 Å².